The maximum Gasteiger partial charge on any atom is 0.270 e. The molecular formula is C22H21N3O3S. The van der Waals surface area contributed by atoms with Gasteiger partial charge in [0, 0.05) is 20.3 Å². The molecule has 0 spiro atoms. The average Bonchev–Trinajstić information content (AvgIpc) is 2.66. The zero-order valence-corrected chi connectivity index (χ0v) is 17.2. The van der Waals surface area contributed by atoms with Crippen LogP contribution < -0.4 is 15.0 Å². The Morgan fingerprint density at radius 1 is 1.03 bits per heavy atom. The van der Waals surface area contributed by atoms with Gasteiger partial charge >= 0.3 is 0 Å². The molecule has 1 N–H and O–H groups in total. The Balaban J connectivity index is 1.85. The topological polar surface area (TPSA) is 61.9 Å². The Labute approximate surface area is 175 Å². The fourth-order valence-corrected chi connectivity index (χ4v) is 3.13. The van der Waals surface area contributed by atoms with E-state index in [1.165, 1.54) is 4.90 Å². The third-order valence-electron chi connectivity index (χ3n) is 4.01. The van der Waals surface area contributed by atoms with E-state index in [0.29, 0.717) is 17.2 Å². The van der Waals surface area contributed by atoms with E-state index in [-0.39, 0.29) is 10.7 Å². The van der Waals surface area contributed by atoms with Gasteiger partial charge in [-0.25, -0.2) is 0 Å². The number of allylic oxidation sites excluding steroid dienone is 2. The van der Waals surface area contributed by atoms with E-state index in [1.54, 1.807) is 30.3 Å². The van der Waals surface area contributed by atoms with Gasteiger partial charge in [-0.3, -0.25) is 19.8 Å². The van der Waals surface area contributed by atoms with E-state index in [4.69, 9.17) is 17.0 Å². The predicted octanol–water partition coefficient (Wildman–Crippen LogP) is 3.62. The highest BCUT2D eigenvalue weighted by molar-refractivity contribution is 7.80. The number of nitrogens with one attached hydrogen (secondary N) is 1. The van der Waals surface area contributed by atoms with Crippen LogP contribution in [0.1, 0.15) is 6.92 Å². The van der Waals surface area contributed by atoms with Gasteiger partial charge in [-0.2, -0.15) is 0 Å². The zero-order valence-electron chi connectivity index (χ0n) is 16.4. The van der Waals surface area contributed by atoms with Crippen molar-refractivity contribution in [2.75, 3.05) is 19.0 Å². The van der Waals surface area contributed by atoms with E-state index >= 15 is 0 Å². The third-order valence-corrected chi connectivity index (χ3v) is 4.29. The van der Waals surface area contributed by atoms with Crippen LogP contribution in [-0.2, 0) is 9.59 Å². The van der Waals surface area contributed by atoms with Crippen LogP contribution in [0.2, 0.25) is 0 Å². The zero-order chi connectivity index (χ0) is 21.0. The SMILES string of the molecule is CC(=CN(C)C)C=C1C(=O)NC(=S)N(c2ccc(Oc3ccccc3)cc2)C1=O. The molecule has 0 unspecified atom stereocenters. The van der Waals surface area contributed by atoms with Gasteiger partial charge in [0.25, 0.3) is 11.8 Å². The summed E-state index contributed by atoms with van der Waals surface area (Å²) >= 11 is 5.23. The number of anilines is 1. The Hall–Kier alpha value is -3.45. The fraction of sp³-hybridized carbons (Fsp3) is 0.136. The molecule has 0 saturated carbocycles. The summed E-state index contributed by atoms with van der Waals surface area (Å²) in [6.45, 7) is 1.82. The van der Waals surface area contributed by atoms with Crippen molar-refractivity contribution in [2.45, 2.75) is 6.92 Å². The molecule has 0 atom stereocenters. The highest BCUT2D eigenvalue weighted by Crippen LogP contribution is 2.26. The van der Waals surface area contributed by atoms with Crippen molar-refractivity contribution in [3.63, 3.8) is 0 Å². The molecule has 3 rings (SSSR count). The number of amides is 2. The van der Waals surface area contributed by atoms with E-state index in [1.807, 2.05) is 62.5 Å². The maximum absolute atomic E-state index is 13.0. The summed E-state index contributed by atoms with van der Waals surface area (Å²) in [7, 11) is 3.73. The Kier molecular flexibility index (Phi) is 6.09. The minimum absolute atomic E-state index is 0.0267. The van der Waals surface area contributed by atoms with Crippen LogP contribution in [0.4, 0.5) is 5.69 Å². The summed E-state index contributed by atoms with van der Waals surface area (Å²) in [6, 6.07) is 16.3. The van der Waals surface area contributed by atoms with Gasteiger partial charge in [-0.1, -0.05) is 18.2 Å². The number of hydrogen-bond acceptors (Lipinski definition) is 5. The molecule has 7 heteroatoms. The number of rotatable bonds is 5. The molecule has 1 aliphatic rings. The van der Waals surface area contributed by atoms with Gasteiger partial charge in [0.05, 0.1) is 5.69 Å². The van der Waals surface area contributed by atoms with Crippen LogP contribution >= 0.6 is 12.2 Å². The lowest BCUT2D eigenvalue weighted by molar-refractivity contribution is -0.122. The summed E-state index contributed by atoms with van der Waals surface area (Å²) in [5, 5.41) is 2.62. The first kappa shape index (κ1) is 20.3. The highest BCUT2D eigenvalue weighted by atomic mass is 32.1. The first-order valence-corrected chi connectivity index (χ1v) is 9.35. The standard InChI is InChI=1S/C22H21N3O3S/c1-15(14-24(2)3)13-19-20(26)23-22(29)25(21(19)27)16-9-11-18(12-10-16)28-17-7-5-4-6-8-17/h4-14H,1-3H3,(H,23,26,29). The van der Waals surface area contributed by atoms with Crippen LogP contribution in [0.3, 0.4) is 0 Å². The number of ether oxygens (including phenoxy) is 1. The van der Waals surface area contributed by atoms with Gasteiger partial charge in [-0.15, -0.1) is 0 Å². The van der Waals surface area contributed by atoms with Crippen LogP contribution in [0.15, 0.2) is 78.0 Å². The van der Waals surface area contributed by atoms with E-state index < -0.39 is 11.8 Å². The van der Waals surface area contributed by atoms with Gasteiger partial charge < -0.3 is 9.64 Å². The summed E-state index contributed by atoms with van der Waals surface area (Å²) in [5.74, 6) is 0.360. The minimum Gasteiger partial charge on any atom is -0.457 e. The number of para-hydroxylation sites is 1. The molecule has 0 bridgehead atoms. The number of hydrogen-bond donors (Lipinski definition) is 1. The van der Waals surface area contributed by atoms with Gasteiger partial charge in [0.2, 0.25) is 0 Å². The van der Waals surface area contributed by atoms with Crippen molar-refractivity contribution in [3.8, 4) is 11.5 Å². The molecule has 2 amide bonds. The molecule has 6 nitrogen and oxygen atoms in total. The second-order valence-corrected chi connectivity index (χ2v) is 7.09. The maximum atomic E-state index is 13.0. The van der Waals surface area contributed by atoms with Crippen LogP contribution in [0.5, 0.6) is 11.5 Å². The second kappa shape index (κ2) is 8.70. The van der Waals surface area contributed by atoms with Gasteiger partial charge in [0.15, 0.2) is 5.11 Å². The number of carbonyl (C=O) groups is 2. The normalized spacial score (nSPS) is 16.1. The van der Waals surface area contributed by atoms with Crippen molar-refractivity contribution in [1.82, 2.24) is 10.2 Å². The molecule has 2 aromatic carbocycles. The second-order valence-electron chi connectivity index (χ2n) is 6.70. The van der Waals surface area contributed by atoms with E-state index in [0.717, 1.165) is 5.57 Å². The largest absolute Gasteiger partial charge is 0.457 e. The van der Waals surface area contributed by atoms with E-state index in [2.05, 4.69) is 5.32 Å². The molecular weight excluding hydrogens is 386 g/mol. The summed E-state index contributed by atoms with van der Waals surface area (Å²) in [6.07, 6.45) is 3.37. The number of carbonyl (C=O) groups excluding carboxylic acids is 2. The Morgan fingerprint density at radius 3 is 2.28 bits per heavy atom. The third kappa shape index (κ3) is 4.89. The summed E-state index contributed by atoms with van der Waals surface area (Å²) in [5.41, 5.74) is 1.34. The van der Waals surface area contributed by atoms with E-state index in [9.17, 15) is 9.59 Å². The number of thiocarbonyl (C=S) groups is 1. The lowest BCUT2D eigenvalue weighted by atomic mass is 10.1. The molecule has 2 aromatic rings. The Bertz CT molecular complexity index is 996. The highest BCUT2D eigenvalue weighted by Gasteiger charge is 2.34. The number of benzene rings is 2. The first-order valence-electron chi connectivity index (χ1n) is 8.94. The molecule has 1 saturated heterocycles. The molecule has 0 radical (unpaired) electrons. The van der Waals surface area contributed by atoms with Crippen LogP contribution in [-0.4, -0.2) is 35.9 Å². The van der Waals surface area contributed by atoms with Crippen molar-refractivity contribution >= 4 is 34.8 Å². The lowest BCUT2D eigenvalue weighted by Gasteiger charge is -2.29. The Morgan fingerprint density at radius 2 is 1.66 bits per heavy atom. The minimum atomic E-state index is -0.508. The van der Waals surface area contributed by atoms with Gasteiger partial charge in [-0.05, 0) is 67.2 Å². The number of nitrogens with zero attached hydrogens (tertiary/aromatic N) is 2. The molecule has 1 fully saturated rings. The smallest absolute Gasteiger partial charge is 0.270 e. The molecule has 1 aliphatic heterocycles. The molecule has 1 heterocycles. The first-order chi connectivity index (χ1) is 13.8. The van der Waals surface area contributed by atoms with Crippen molar-refractivity contribution in [2.24, 2.45) is 0 Å². The summed E-state index contributed by atoms with van der Waals surface area (Å²) in [4.78, 5) is 28.4. The van der Waals surface area contributed by atoms with Crippen molar-refractivity contribution in [3.05, 3.63) is 78.0 Å². The van der Waals surface area contributed by atoms with Crippen molar-refractivity contribution < 1.29 is 14.3 Å². The monoisotopic (exact) mass is 407 g/mol. The fourth-order valence-electron chi connectivity index (χ4n) is 2.85. The molecule has 148 valence electrons. The molecule has 0 aromatic heterocycles. The molecule has 29 heavy (non-hydrogen) atoms. The lowest BCUT2D eigenvalue weighted by Crippen LogP contribution is -2.54. The summed E-state index contributed by atoms with van der Waals surface area (Å²) < 4.78 is 5.77. The quantitative estimate of drug-likeness (QED) is 0.466. The molecule has 0 aliphatic carbocycles. The van der Waals surface area contributed by atoms with Crippen LogP contribution in [0, 0.1) is 0 Å². The average molecular weight is 407 g/mol. The van der Waals surface area contributed by atoms with Crippen molar-refractivity contribution in [1.29, 1.82) is 0 Å². The predicted molar refractivity (Wildman–Crippen MR) is 117 cm³/mol. The van der Waals surface area contributed by atoms with Gasteiger partial charge in [0.1, 0.15) is 17.1 Å². The van der Waals surface area contributed by atoms with Crippen LogP contribution in [0.25, 0.3) is 0 Å².